The summed E-state index contributed by atoms with van der Waals surface area (Å²) in [4.78, 5) is 25.2. The van der Waals surface area contributed by atoms with Crippen LogP contribution in [0.3, 0.4) is 0 Å². The number of ether oxygens (including phenoxy) is 4. The van der Waals surface area contributed by atoms with Crippen molar-refractivity contribution in [3.05, 3.63) is 78.4 Å². The molecule has 46 heavy (non-hydrogen) atoms. The lowest BCUT2D eigenvalue weighted by Crippen LogP contribution is -2.28. The number of rotatable bonds is 22. The molecule has 0 aliphatic heterocycles. The molecule has 0 aromatic heterocycles. The fourth-order valence-electron chi connectivity index (χ4n) is 5.42. The molecular weight excluding hydrogens is 576 g/mol. The highest BCUT2D eigenvalue weighted by Gasteiger charge is 2.19. The summed E-state index contributed by atoms with van der Waals surface area (Å²) in [5.41, 5.74) is 2.51. The van der Waals surface area contributed by atoms with E-state index in [9.17, 15) is 9.59 Å². The van der Waals surface area contributed by atoms with Gasteiger partial charge in [0, 0.05) is 0 Å². The van der Waals surface area contributed by atoms with Crippen LogP contribution >= 0.6 is 0 Å². The molecule has 1 atom stereocenters. The van der Waals surface area contributed by atoms with Gasteiger partial charge in [0.1, 0.15) is 17.2 Å². The number of carbonyl (C=O) groups is 2. The average molecular weight is 631 g/mol. The summed E-state index contributed by atoms with van der Waals surface area (Å²) in [7, 11) is 0. The normalized spacial score (nSPS) is 11.7. The zero-order valence-corrected chi connectivity index (χ0v) is 28.4. The van der Waals surface area contributed by atoms with Crippen molar-refractivity contribution in [2.45, 2.75) is 111 Å². The Bertz CT molecular complexity index is 1260. The van der Waals surface area contributed by atoms with Crippen molar-refractivity contribution < 1.29 is 28.5 Å². The maximum Gasteiger partial charge on any atom is 0.347 e. The van der Waals surface area contributed by atoms with Gasteiger partial charge in [0.15, 0.2) is 6.10 Å². The van der Waals surface area contributed by atoms with Crippen molar-refractivity contribution in [1.82, 2.24) is 0 Å². The first-order valence-electron chi connectivity index (χ1n) is 17.4. The quantitative estimate of drug-likeness (QED) is 0.0625. The van der Waals surface area contributed by atoms with Crippen molar-refractivity contribution >= 4 is 11.9 Å². The molecule has 250 valence electrons. The SMILES string of the molecule is CCCCCCCCCCOc1ccc(-c2ccc(C(=O)Oc3ccc(OC(C)C(=O)OCC(CCC)CCC)cc3)cc2)cc1. The van der Waals surface area contributed by atoms with Crippen LogP contribution in [0.4, 0.5) is 0 Å². The van der Waals surface area contributed by atoms with Gasteiger partial charge in [-0.05, 0) is 91.8 Å². The third-order valence-corrected chi connectivity index (χ3v) is 8.11. The largest absolute Gasteiger partial charge is 0.494 e. The highest BCUT2D eigenvalue weighted by atomic mass is 16.6. The number of hydrogen-bond acceptors (Lipinski definition) is 6. The number of hydrogen-bond donors (Lipinski definition) is 0. The molecular formula is C40H54O6. The Hall–Kier alpha value is -3.80. The van der Waals surface area contributed by atoms with Crippen LogP contribution in [0, 0.1) is 5.92 Å². The zero-order valence-electron chi connectivity index (χ0n) is 28.4. The van der Waals surface area contributed by atoms with E-state index in [1.54, 1.807) is 43.3 Å². The van der Waals surface area contributed by atoms with E-state index in [1.807, 2.05) is 36.4 Å². The smallest absolute Gasteiger partial charge is 0.347 e. The van der Waals surface area contributed by atoms with E-state index in [-0.39, 0.29) is 5.97 Å². The van der Waals surface area contributed by atoms with Crippen molar-refractivity contribution in [3.8, 4) is 28.4 Å². The third kappa shape index (κ3) is 13.3. The van der Waals surface area contributed by atoms with Gasteiger partial charge in [0.05, 0.1) is 18.8 Å². The van der Waals surface area contributed by atoms with Crippen LogP contribution in [0.1, 0.15) is 115 Å². The Balaban J connectivity index is 1.40. The van der Waals surface area contributed by atoms with Crippen LogP contribution in [0.5, 0.6) is 17.2 Å². The molecule has 3 aromatic carbocycles. The van der Waals surface area contributed by atoms with E-state index in [0.29, 0.717) is 29.6 Å². The van der Waals surface area contributed by atoms with Crippen molar-refractivity contribution in [2.24, 2.45) is 5.92 Å². The molecule has 0 saturated heterocycles. The fraction of sp³-hybridized carbons (Fsp3) is 0.500. The highest BCUT2D eigenvalue weighted by Crippen LogP contribution is 2.25. The zero-order chi connectivity index (χ0) is 33.0. The minimum absolute atomic E-state index is 0.380. The number of benzene rings is 3. The van der Waals surface area contributed by atoms with Gasteiger partial charge >= 0.3 is 11.9 Å². The first-order chi connectivity index (χ1) is 22.4. The van der Waals surface area contributed by atoms with E-state index in [2.05, 4.69) is 20.8 Å². The summed E-state index contributed by atoms with van der Waals surface area (Å²) < 4.78 is 22.8. The van der Waals surface area contributed by atoms with E-state index in [0.717, 1.165) is 55.6 Å². The number of unbranched alkanes of at least 4 members (excludes halogenated alkanes) is 7. The molecule has 3 rings (SSSR count). The van der Waals surface area contributed by atoms with Crippen LogP contribution < -0.4 is 14.2 Å². The lowest BCUT2D eigenvalue weighted by Gasteiger charge is -2.18. The first-order valence-corrected chi connectivity index (χ1v) is 17.4. The molecule has 6 heteroatoms. The van der Waals surface area contributed by atoms with Crippen LogP contribution in [0.25, 0.3) is 11.1 Å². The number of carbonyl (C=O) groups excluding carboxylic acids is 2. The van der Waals surface area contributed by atoms with E-state index < -0.39 is 12.1 Å². The molecule has 0 fully saturated rings. The predicted molar refractivity (Wildman–Crippen MR) is 186 cm³/mol. The van der Waals surface area contributed by atoms with Gasteiger partial charge in [0.25, 0.3) is 0 Å². The summed E-state index contributed by atoms with van der Waals surface area (Å²) >= 11 is 0. The Kier molecular flexibility index (Phi) is 16.8. The molecule has 0 heterocycles. The van der Waals surface area contributed by atoms with Gasteiger partial charge in [0.2, 0.25) is 0 Å². The minimum atomic E-state index is -0.737. The monoisotopic (exact) mass is 630 g/mol. The van der Waals surface area contributed by atoms with Gasteiger partial charge in [-0.25, -0.2) is 9.59 Å². The second kappa shape index (κ2) is 21.1. The van der Waals surface area contributed by atoms with Gasteiger partial charge in [-0.3, -0.25) is 0 Å². The van der Waals surface area contributed by atoms with Gasteiger partial charge < -0.3 is 18.9 Å². The Morgan fingerprint density at radius 1 is 0.609 bits per heavy atom. The average Bonchev–Trinajstić information content (AvgIpc) is 3.07. The summed E-state index contributed by atoms with van der Waals surface area (Å²) in [6.07, 6.45) is 13.8. The van der Waals surface area contributed by atoms with E-state index in [1.165, 1.54) is 44.9 Å². The molecule has 0 saturated carbocycles. The third-order valence-electron chi connectivity index (χ3n) is 8.11. The molecule has 0 aliphatic carbocycles. The second-order valence-corrected chi connectivity index (χ2v) is 12.1. The molecule has 3 aromatic rings. The molecule has 0 radical (unpaired) electrons. The maximum absolute atomic E-state index is 12.8. The van der Waals surface area contributed by atoms with Crippen LogP contribution in [0.2, 0.25) is 0 Å². The first kappa shape index (κ1) is 36.7. The molecule has 6 nitrogen and oxygen atoms in total. The lowest BCUT2D eigenvalue weighted by molar-refractivity contribution is -0.152. The summed E-state index contributed by atoms with van der Waals surface area (Å²) in [6, 6.07) is 22.1. The highest BCUT2D eigenvalue weighted by molar-refractivity contribution is 5.91. The lowest BCUT2D eigenvalue weighted by atomic mass is 9.99. The van der Waals surface area contributed by atoms with Crippen LogP contribution in [0.15, 0.2) is 72.8 Å². The van der Waals surface area contributed by atoms with E-state index >= 15 is 0 Å². The fourth-order valence-corrected chi connectivity index (χ4v) is 5.42. The van der Waals surface area contributed by atoms with Gasteiger partial charge in [-0.2, -0.15) is 0 Å². The van der Waals surface area contributed by atoms with Crippen molar-refractivity contribution in [2.75, 3.05) is 13.2 Å². The predicted octanol–water partition coefficient (Wildman–Crippen LogP) is 10.6. The second-order valence-electron chi connectivity index (χ2n) is 12.1. The van der Waals surface area contributed by atoms with Crippen LogP contribution in [-0.4, -0.2) is 31.3 Å². The summed E-state index contributed by atoms with van der Waals surface area (Å²) in [5, 5.41) is 0. The van der Waals surface area contributed by atoms with E-state index in [4.69, 9.17) is 18.9 Å². The topological polar surface area (TPSA) is 71.1 Å². The Morgan fingerprint density at radius 2 is 1.13 bits per heavy atom. The minimum Gasteiger partial charge on any atom is -0.494 e. The molecule has 0 amide bonds. The van der Waals surface area contributed by atoms with Gasteiger partial charge in [-0.1, -0.05) is 103 Å². The molecule has 0 aliphatic rings. The summed E-state index contributed by atoms with van der Waals surface area (Å²) in [6.45, 7) is 9.37. The Labute approximate surface area is 276 Å². The Morgan fingerprint density at radius 3 is 1.72 bits per heavy atom. The molecule has 0 bridgehead atoms. The molecule has 0 spiro atoms. The maximum atomic E-state index is 12.8. The van der Waals surface area contributed by atoms with Gasteiger partial charge in [-0.15, -0.1) is 0 Å². The van der Waals surface area contributed by atoms with Crippen LogP contribution in [-0.2, 0) is 9.53 Å². The van der Waals surface area contributed by atoms with Crippen molar-refractivity contribution in [3.63, 3.8) is 0 Å². The van der Waals surface area contributed by atoms with Crippen molar-refractivity contribution in [1.29, 1.82) is 0 Å². The summed E-state index contributed by atoms with van der Waals surface area (Å²) in [5.74, 6) is 1.32. The number of esters is 2. The standard InChI is InChI=1S/C40H54O6/c1-5-8-9-10-11-12-13-14-29-43-36-23-21-34(22-24-36)33-17-19-35(20-18-33)40(42)46-38-27-25-37(26-28-38)45-31(4)39(41)44-30-32(15-6-2)16-7-3/h17-28,31-32H,5-16,29-30H2,1-4H3. The molecule has 0 N–H and O–H groups in total. The molecule has 1 unspecified atom stereocenters.